The quantitative estimate of drug-likeness (QED) is 0.375. The third-order valence-corrected chi connectivity index (χ3v) is 7.49. The van der Waals surface area contributed by atoms with Gasteiger partial charge in [0, 0.05) is 18.7 Å². The highest BCUT2D eigenvalue weighted by atomic mass is 32.2. The number of carbonyl (C=O) groups is 3. The third-order valence-electron chi connectivity index (χ3n) is 5.57. The van der Waals surface area contributed by atoms with Crippen LogP contribution in [-0.4, -0.2) is 68.0 Å². The van der Waals surface area contributed by atoms with E-state index in [1.165, 1.54) is 19.2 Å². The van der Waals surface area contributed by atoms with Gasteiger partial charge in [0.05, 0.1) is 18.6 Å². The van der Waals surface area contributed by atoms with Crippen molar-refractivity contribution in [2.24, 2.45) is 0 Å². The predicted octanol–water partition coefficient (Wildman–Crippen LogP) is 0.917. The zero-order valence-electron chi connectivity index (χ0n) is 19.1. The average molecular weight is 505 g/mol. The normalized spacial score (nSPS) is 16.8. The van der Waals surface area contributed by atoms with Gasteiger partial charge in [0.1, 0.15) is 17.8 Å². The van der Waals surface area contributed by atoms with Gasteiger partial charge in [-0.2, -0.15) is 4.31 Å². The summed E-state index contributed by atoms with van der Waals surface area (Å²) in [6, 6.07) is 11.7. The van der Waals surface area contributed by atoms with Crippen molar-refractivity contribution in [3.63, 3.8) is 0 Å². The van der Waals surface area contributed by atoms with E-state index >= 15 is 0 Å². The molecule has 2 atom stereocenters. The number of sulfonamides is 1. The molecule has 1 aliphatic rings. The summed E-state index contributed by atoms with van der Waals surface area (Å²) in [4.78, 5) is 36.8. The van der Waals surface area contributed by atoms with Crippen LogP contribution in [0.25, 0.3) is 0 Å². The van der Waals surface area contributed by atoms with E-state index in [0.717, 1.165) is 9.87 Å². The molecule has 1 fully saturated rings. The van der Waals surface area contributed by atoms with Gasteiger partial charge in [-0.1, -0.05) is 36.4 Å². The fourth-order valence-electron chi connectivity index (χ4n) is 3.77. The summed E-state index contributed by atoms with van der Waals surface area (Å²) in [5.41, 5.74) is 0.731. The van der Waals surface area contributed by atoms with E-state index in [2.05, 4.69) is 16.0 Å². The largest absolute Gasteiger partial charge is 0.496 e. The standard InChI is InChI=1S/C23H28N4O7S/c1-34-20-12-6-5-8-16(20)14-24-23(31)25-15-18(22(29)30)26-21(28)19-11-7-13-27(19)35(32,33)17-9-3-2-4-10-17/h2-6,8-10,12,18-19H,7,11,13-15H2,1H3,(H,26,28)(H,29,30)(H2,24,25,31)/t18-,19-/m0/s1. The molecule has 0 radical (unpaired) electrons. The second kappa shape index (κ2) is 11.7. The van der Waals surface area contributed by atoms with Gasteiger partial charge >= 0.3 is 12.0 Å². The summed E-state index contributed by atoms with van der Waals surface area (Å²) in [6.07, 6.45) is 0.725. The van der Waals surface area contributed by atoms with Gasteiger partial charge in [0.2, 0.25) is 15.9 Å². The number of hydrogen-bond acceptors (Lipinski definition) is 6. The number of rotatable bonds is 10. The number of para-hydroxylation sites is 1. The molecule has 0 spiro atoms. The number of benzene rings is 2. The molecule has 12 heteroatoms. The number of nitrogens with zero attached hydrogens (tertiary/aromatic N) is 1. The van der Waals surface area contributed by atoms with E-state index in [4.69, 9.17) is 4.74 Å². The maximum Gasteiger partial charge on any atom is 0.328 e. The van der Waals surface area contributed by atoms with Crippen LogP contribution in [0, 0.1) is 0 Å². The van der Waals surface area contributed by atoms with Gasteiger partial charge in [-0.15, -0.1) is 0 Å². The van der Waals surface area contributed by atoms with Crippen molar-refractivity contribution in [2.75, 3.05) is 20.2 Å². The molecule has 0 aromatic heterocycles. The van der Waals surface area contributed by atoms with E-state index in [1.807, 2.05) is 0 Å². The number of carbonyl (C=O) groups excluding carboxylic acids is 2. The van der Waals surface area contributed by atoms with Crippen molar-refractivity contribution in [1.82, 2.24) is 20.3 Å². The highest BCUT2D eigenvalue weighted by Gasteiger charge is 2.40. The molecule has 3 rings (SSSR count). The Labute approximate surface area is 203 Å². The van der Waals surface area contributed by atoms with Crippen LogP contribution in [0.15, 0.2) is 59.5 Å². The van der Waals surface area contributed by atoms with Crippen LogP contribution in [0.5, 0.6) is 5.75 Å². The molecule has 0 unspecified atom stereocenters. The van der Waals surface area contributed by atoms with Crippen molar-refractivity contribution in [3.8, 4) is 5.75 Å². The van der Waals surface area contributed by atoms with Crippen molar-refractivity contribution >= 4 is 27.9 Å². The van der Waals surface area contributed by atoms with Crippen molar-refractivity contribution < 1.29 is 32.6 Å². The van der Waals surface area contributed by atoms with Crippen LogP contribution < -0.4 is 20.7 Å². The van der Waals surface area contributed by atoms with E-state index in [1.54, 1.807) is 42.5 Å². The molecular formula is C23H28N4O7S. The van der Waals surface area contributed by atoms with E-state index < -0.39 is 46.6 Å². The molecule has 0 bridgehead atoms. The molecule has 2 aromatic carbocycles. The molecule has 188 valence electrons. The number of urea groups is 1. The second-order valence-corrected chi connectivity index (χ2v) is 9.75. The van der Waals surface area contributed by atoms with Crippen LogP contribution in [0.2, 0.25) is 0 Å². The molecule has 3 amide bonds. The maximum atomic E-state index is 13.0. The summed E-state index contributed by atoms with van der Waals surface area (Å²) < 4.78 is 32.3. The number of nitrogens with one attached hydrogen (secondary N) is 3. The van der Waals surface area contributed by atoms with Crippen LogP contribution in [0.4, 0.5) is 4.79 Å². The molecule has 4 N–H and O–H groups in total. The van der Waals surface area contributed by atoms with Gasteiger partial charge in [0.15, 0.2) is 0 Å². The Balaban J connectivity index is 1.58. The summed E-state index contributed by atoms with van der Waals surface area (Å²) in [5.74, 6) is -1.50. The Kier molecular flexibility index (Phi) is 8.66. The molecule has 2 aromatic rings. The minimum absolute atomic E-state index is 0.0582. The molecule has 0 aliphatic carbocycles. The Bertz CT molecular complexity index is 1160. The topological polar surface area (TPSA) is 154 Å². The van der Waals surface area contributed by atoms with Crippen LogP contribution in [0.1, 0.15) is 18.4 Å². The fraction of sp³-hybridized carbons (Fsp3) is 0.348. The first-order valence-corrected chi connectivity index (χ1v) is 12.4. The third kappa shape index (κ3) is 6.49. The van der Waals surface area contributed by atoms with Gasteiger partial charge < -0.3 is 25.8 Å². The highest BCUT2D eigenvalue weighted by molar-refractivity contribution is 7.89. The van der Waals surface area contributed by atoms with Crippen LogP contribution in [-0.2, 0) is 26.2 Å². The second-order valence-electron chi connectivity index (χ2n) is 7.86. The first-order chi connectivity index (χ1) is 16.7. The number of methoxy groups -OCH3 is 1. The zero-order chi connectivity index (χ0) is 25.4. The first kappa shape index (κ1) is 26.0. The van der Waals surface area contributed by atoms with Gasteiger partial charge in [0.25, 0.3) is 0 Å². The number of carboxylic acid groups (broad SMARTS) is 1. The maximum absolute atomic E-state index is 13.0. The SMILES string of the molecule is COc1ccccc1CNC(=O)NC[C@H](NC(=O)[C@@H]1CCCN1S(=O)(=O)c1ccccc1)C(=O)O. The lowest BCUT2D eigenvalue weighted by Gasteiger charge is -2.25. The Morgan fingerprint density at radius 2 is 1.77 bits per heavy atom. The Morgan fingerprint density at radius 3 is 2.46 bits per heavy atom. The summed E-state index contributed by atoms with van der Waals surface area (Å²) in [7, 11) is -2.41. The van der Waals surface area contributed by atoms with Crippen molar-refractivity contribution in [3.05, 3.63) is 60.2 Å². The van der Waals surface area contributed by atoms with Crippen molar-refractivity contribution in [1.29, 1.82) is 0 Å². The number of aliphatic carboxylic acids is 1. The molecule has 1 heterocycles. The van der Waals surface area contributed by atoms with Crippen LogP contribution >= 0.6 is 0 Å². The zero-order valence-corrected chi connectivity index (χ0v) is 20.0. The lowest BCUT2D eigenvalue weighted by molar-refractivity contribution is -0.142. The highest BCUT2D eigenvalue weighted by Crippen LogP contribution is 2.26. The molecule has 0 saturated carbocycles. The number of ether oxygens (including phenoxy) is 1. The lowest BCUT2D eigenvalue weighted by Crippen LogP contribution is -2.54. The minimum atomic E-state index is -3.92. The predicted molar refractivity (Wildman–Crippen MR) is 126 cm³/mol. The van der Waals surface area contributed by atoms with E-state index in [9.17, 15) is 27.9 Å². The number of carboxylic acids is 1. The van der Waals surface area contributed by atoms with E-state index in [-0.39, 0.29) is 24.4 Å². The fourth-order valence-corrected chi connectivity index (χ4v) is 5.44. The lowest BCUT2D eigenvalue weighted by atomic mass is 10.2. The first-order valence-electron chi connectivity index (χ1n) is 11.0. The molecule has 1 aliphatic heterocycles. The van der Waals surface area contributed by atoms with E-state index in [0.29, 0.717) is 12.2 Å². The summed E-state index contributed by atoms with van der Waals surface area (Å²) in [6.45, 7) is -0.0953. The monoisotopic (exact) mass is 504 g/mol. The Hall–Kier alpha value is -3.64. The summed E-state index contributed by atoms with van der Waals surface area (Å²) in [5, 5.41) is 16.9. The van der Waals surface area contributed by atoms with Gasteiger partial charge in [-0.3, -0.25) is 4.79 Å². The molecule has 11 nitrogen and oxygen atoms in total. The summed E-state index contributed by atoms with van der Waals surface area (Å²) >= 11 is 0. The van der Waals surface area contributed by atoms with Crippen LogP contribution in [0.3, 0.4) is 0 Å². The van der Waals surface area contributed by atoms with Crippen molar-refractivity contribution in [2.45, 2.75) is 36.4 Å². The molecule has 35 heavy (non-hydrogen) atoms. The average Bonchev–Trinajstić information content (AvgIpc) is 3.37. The van der Waals surface area contributed by atoms with Gasteiger partial charge in [-0.05, 0) is 31.0 Å². The minimum Gasteiger partial charge on any atom is -0.496 e. The Morgan fingerprint density at radius 1 is 1.09 bits per heavy atom. The number of amides is 3. The molecule has 1 saturated heterocycles. The van der Waals surface area contributed by atoms with Gasteiger partial charge in [-0.25, -0.2) is 18.0 Å². The smallest absolute Gasteiger partial charge is 0.328 e. The number of hydrogen-bond donors (Lipinski definition) is 4. The molecular weight excluding hydrogens is 476 g/mol.